The van der Waals surface area contributed by atoms with Crippen molar-refractivity contribution in [2.45, 2.75) is 12.6 Å². The summed E-state index contributed by atoms with van der Waals surface area (Å²) < 4.78 is 37.6. The molecule has 0 radical (unpaired) electrons. The average Bonchev–Trinajstić information content (AvgIpc) is 2.89. The van der Waals surface area contributed by atoms with Gasteiger partial charge in [-0.15, -0.1) is 0 Å². The quantitative estimate of drug-likeness (QED) is 0.855. The van der Waals surface area contributed by atoms with Gasteiger partial charge < -0.3 is 0 Å². The van der Waals surface area contributed by atoms with Crippen LogP contribution < -0.4 is 5.01 Å². The molecule has 0 bridgehead atoms. The number of halogens is 3. The summed E-state index contributed by atoms with van der Waals surface area (Å²) >= 11 is 0. The van der Waals surface area contributed by atoms with Crippen LogP contribution in [0, 0.1) is 0 Å². The number of hydrogen-bond acceptors (Lipinski definition) is 3. The molecule has 1 aromatic carbocycles. The van der Waals surface area contributed by atoms with E-state index in [-0.39, 0.29) is 12.3 Å². The van der Waals surface area contributed by atoms with Crippen LogP contribution in [0.1, 0.15) is 17.5 Å². The van der Waals surface area contributed by atoms with Gasteiger partial charge in [0.2, 0.25) is 0 Å². The van der Waals surface area contributed by atoms with Gasteiger partial charge >= 0.3 is 6.18 Å². The molecule has 4 nitrogen and oxygen atoms in total. The van der Waals surface area contributed by atoms with Crippen molar-refractivity contribution in [3.63, 3.8) is 0 Å². The third-order valence-corrected chi connectivity index (χ3v) is 3.19. The number of nitrogens with zero attached hydrogens (tertiary/aromatic N) is 3. The number of alkyl halides is 3. The molecule has 1 aliphatic heterocycles. The van der Waals surface area contributed by atoms with E-state index in [4.69, 9.17) is 0 Å². The molecule has 0 saturated heterocycles. The van der Waals surface area contributed by atoms with E-state index >= 15 is 0 Å². The van der Waals surface area contributed by atoms with E-state index in [0.29, 0.717) is 17.1 Å². The number of anilines is 1. The Bertz CT molecular complexity index is 724. The highest BCUT2D eigenvalue weighted by molar-refractivity contribution is 6.19. The lowest BCUT2D eigenvalue weighted by atomic mass is 10.1. The summed E-state index contributed by atoms with van der Waals surface area (Å²) in [6.07, 6.45) is -2.82. The third kappa shape index (κ3) is 2.69. The zero-order valence-corrected chi connectivity index (χ0v) is 11.2. The van der Waals surface area contributed by atoms with E-state index in [2.05, 4.69) is 10.1 Å². The van der Waals surface area contributed by atoms with E-state index < -0.39 is 11.7 Å². The van der Waals surface area contributed by atoms with Gasteiger partial charge in [0.25, 0.3) is 5.91 Å². The fourth-order valence-corrected chi connectivity index (χ4v) is 2.10. The minimum atomic E-state index is -4.38. The predicted octanol–water partition coefficient (Wildman–Crippen LogP) is 3.24. The van der Waals surface area contributed by atoms with E-state index in [9.17, 15) is 18.0 Å². The smallest absolute Gasteiger partial charge is 0.272 e. The summed E-state index contributed by atoms with van der Waals surface area (Å²) in [5, 5.41) is 5.32. The summed E-state index contributed by atoms with van der Waals surface area (Å²) in [7, 11) is 0. The Balaban J connectivity index is 1.88. The summed E-state index contributed by atoms with van der Waals surface area (Å²) in [4.78, 5) is 16.0. The first-order valence-electron chi connectivity index (χ1n) is 6.44. The standard InChI is InChI=1S/C15H10F3N3O/c16-15(17,18)11-6-4-10(5-7-11)12-9-14(22)21(20-12)13-3-1-2-8-19-13/h1-8H,9H2. The van der Waals surface area contributed by atoms with Crippen LogP contribution >= 0.6 is 0 Å². The number of hydrogen-bond donors (Lipinski definition) is 0. The van der Waals surface area contributed by atoms with Crippen molar-refractivity contribution in [2.24, 2.45) is 5.10 Å². The Morgan fingerprint density at radius 3 is 2.36 bits per heavy atom. The Labute approximate surface area is 123 Å². The molecule has 0 spiro atoms. The van der Waals surface area contributed by atoms with Crippen molar-refractivity contribution in [1.29, 1.82) is 0 Å². The Morgan fingerprint density at radius 2 is 1.77 bits per heavy atom. The first-order valence-corrected chi connectivity index (χ1v) is 6.44. The predicted molar refractivity (Wildman–Crippen MR) is 74.3 cm³/mol. The molecule has 0 atom stereocenters. The Morgan fingerprint density at radius 1 is 1.05 bits per heavy atom. The Hall–Kier alpha value is -2.70. The number of pyridine rings is 1. The molecule has 0 unspecified atom stereocenters. The fraction of sp³-hybridized carbons (Fsp3) is 0.133. The number of carbonyl (C=O) groups excluding carboxylic acids is 1. The summed E-state index contributed by atoms with van der Waals surface area (Å²) in [5.41, 5.74) is 0.173. The van der Waals surface area contributed by atoms with Crippen LogP contribution in [0.25, 0.3) is 0 Å². The first kappa shape index (κ1) is 14.2. The molecular weight excluding hydrogens is 295 g/mol. The molecule has 22 heavy (non-hydrogen) atoms. The summed E-state index contributed by atoms with van der Waals surface area (Å²) in [6, 6.07) is 9.66. The van der Waals surface area contributed by atoms with Gasteiger partial charge in [0.15, 0.2) is 5.82 Å². The van der Waals surface area contributed by atoms with Crippen molar-refractivity contribution < 1.29 is 18.0 Å². The topological polar surface area (TPSA) is 45.6 Å². The second kappa shape index (κ2) is 5.25. The third-order valence-electron chi connectivity index (χ3n) is 3.19. The molecule has 0 fully saturated rings. The van der Waals surface area contributed by atoms with E-state index in [1.807, 2.05) is 0 Å². The second-order valence-electron chi connectivity index (χ2n) is 4.69. The van der Waals surface area contributed by atoms with Crippen LogP contribution in [0.4, 0.5) is 19.0 Å². The molecule has 2 aromatic rings. The van der Waals surface area contributed by atoms with Crippen LogP contribution in [-0.4, -0.2) is 16.6 Å². The Kier molecular flexibility index (Phi) is 3.40. The molecule has 7 heteroatoms. The van der Waals surface area contributed by atoms with Gasteiger partial charge in [0.05, 0.1) is 17.7 Å². The molecule has 1 amide bonds. The maximum atomic E-state index is 12.5. The maximum Gasteiger partial charge on any atom is 0.416 e. The van der Waals surface area contributed by atoms with Gasteiger partial charge in [0.1, 0.15) is 0 Å². The van der Waals surface area contributed by atoms with Gasteiger partial charge in [-0.3, -0.25) is 4.79 Å². The van der Waals surface area contributed by atoms with Gasteiger partial charge in [0, 0.05) is 6.20 Å². The van der Waals surface area contributed by atoms with E-state index in [1.54, 1.807) is 18.2 Å². The molecule has 112 valence electrons. The number of carbonyl (C=O) groups is 1. The molecular formula is C15H10F3N3O. The minimum absolute atomic E-state index is 0.0297. The van der Waals surface area contributed by atoms with Crippen LogP contribution in [0.5, 0.6) is 0 Å². The largest absolute Gasteiger partial charge is 0.416 e. The highest BCUT2D eigenvalue weighted by Gasteiger charge is 2.31. The number of rotatable bonds is 2. The average molecular weight is 305 g/mol. The van der Waals surface area contributed by atoms with Crippen LogP contribution in [0.2, 0.25) is 0 Å². The van der Waals surface area contributed by atoms with Crippen LogP contribution in [0.3, 0.4) is 0 Å². The van der Waals surface area contributed by atoms with Crippen LogP contribution in [0.15, 0.2) is 53.8 Å². The highest BCUT2D eigenvalue weighted by atomic mass is 19.4. The zero-order chi connectivity index (χ0) is 15.7. The van der Waals surface area contributed by atoms with Gasteiger partial charge in [-0.2, -0.15) is 23.3 Å². The second-order valence-corrected chi connectivity index (χ2v) is 4.69. The lowest BCUT2D eigenvalue weighted by molar-refractivity contribution is -0.137. The summed E-state index contributed by atoms with van der Waals surface area (Å²) in [5.74, 6) is 0.114. The normalized spacial score (nSPS) is 15.1. The first-order chi connectivity index (χ1) is 10.4. The van der Waals surface area contributed by atoms with E-state index in [1.165, 1.54) is 18.3 Å². The van der Waals surface area contributed by atoms with Crippen molar-refractivity contribution in [3.05, 3.63) is 59.8 Å². The molecule has 0 saturated carbocycles. The fourth-order valence-electron chi connectivity index (χ4n) is 2.10. The minimum Gasteiger partial charge on any atom is -0.272 e. The molecule has 0 aliphatic carbocycles. The van der Waals surface area contributed by atoms with E-state index in [0.717, 1.165) is 17.1 Å². The van der Waals surface area contributed by atoms with Gasteiger partial charge in [-0.1, -0.05) is 18.2 Å². The summed E-state index contributed by atoms with van der Waals surface area (Å²) in [6.45, 7) is 0. The maximum absolute atomic E-state index is 12.5. The van der Waals surface area contributed by atoms with Crippen LogP contribution in [-0.2, 0) is 11.0 Å². The van der Waals surface area contributed by atoms with Crippen molar-refractivity contribution in [1.82, 2.24) is 4.98 Å². The monoisotopic (exact) mass is 305 g/mol. The number of amides is 1. The lowest BCUT2D eigenvalue weighted by Crippen LogP contribution is -2.20. The number of aromatic nitrogens is 1. The van der Waals surface area contributed by atoms with Crippen molar-refractivity contribution in [2.75, 3.05) is 5.01 Å². The molecule has 1 aromatic heterocycles. The molecule has 3 rings (SSSR count). The number of hydrazone groups is 1. The van der Waals surface area contributed by atoms with Gasteiger partial charge in [-0.25, -0.2) is 4.98 Å². The zero-order valence-electron chi connectivity index (χ0n) is 11.2. The highest BCUT2D eigenvalue weighted by Crippen LogP contribution is 2.30. The van der Waals surface area contributed by atoms with Crippen molar-refractivity contribution >= 4 is 17.4 Å². The molecule has 1 aliphatic rings. The SMILES string of the molecule is O=C1CC(c2ccc(C(F)(F)F)cc2)=NN1c1ccccn1. The lowest BCUT2D eigenvalue weighted by Gasteiger charge is -2.09. The molecule has 2 heterocycles. The molecule has 0 N–H and O–H groups in total. The van der Waals surface area contributed by atoms with Gasteiger partial charge in [-0.05, 0) is 29.8 Å². The number of benzene rings is 1. The van der Waals surface area contributed by atoms with Crippen molar-refractivity contribution in [3.8, 4) is 0 Å².